The fraction of sp³-hybridized carbons (Fsp3) is 0.500. The van der Waals surface area contributed by atoms with E-state index in [0.717, 1.165) is 24.2 Å². The van der Waals surface area contributed by atoms with E-state index < -0.39 is 30.3 Å². The Labute approximate surface area is 168 Å². The lowest BCUT2D eigenvalue weighted by Crippen LogP contribution is -2.46. The van der Waals surface area contributed by atoms with Crippen LogP contribution in [0.1, 0.15) is 32.6 Å². The van der Waals surface area contributed by atoms with Crippen LogP contribution in [0.4, 0.5) is 10.5 Å². The van der Waals surface area contributed by atoms with Crippen LogP contribution in [-0.2, 0) is 14.4 Å². The number of nitrogens with one attached hydrogen (secondary N) is 1. The number of carbonyl (C=O) groups is 4. The Morgan fingerprint density at radius 1 is 1.10 bits per heavy atom. The molecule has 0 bridgehead atoms. The number of anilines is 1. The van der Waals surface area contributed by atoms with E-state index in [1.807, 2.05) is 6.92 Å². The van der Waals surface area contributed by atoms with E-state index in [2.05, 4.69) is 5.32 Å². The first-order valence-electron chi connectivity index (χ1n) is 9.58. The molecular formula is C20H25N3O6. The Morgan fingerprint density at radius 3 is 2.48 bits per heavy atom. The van der Waals surface area contributed by atoms with Gasteiger partial charge in [0.05, 0.1) is 19.9 Å². The number of carbonyl (C=O) groups excluding carboxylic acids is 4. The third-order valence-corrected chi connectivity index (χ3v) is 5.47. The van der Waals surface area contributed by atoms with Crippen molar-refractivity contribution in [3.8, 4) is 11.5 Å². The molecule has 2 fully saturated rings. The molecule has 1 saturated carbocycles. The maximum Gasteiger partial charge on any atom is 0.334 e. The largest absolute Gasteiger partial charge is 0.497 e. The number of amides is 5. The molecule has 1 heterocycles. The van der Waals surface area contributed by atoms with E-state index in [1.165, 1.54) is 14.2 Å². The van der Waals surface area contributed by atoms with E-state index in [0.29, 0.717) is 28.5 Å². The zero-order chi connectivity index (χ0) is 21.1. The van der Waals surface area contributed by atoms with Gasteiger partial charge in [-0.25, -0.2) is 9.69 Å². The molecule has 156 valence electrons. The van der Waals surface area contributed by atoms with Crippen LogP contribution in [0.2, 0.25) is 0 Å². The predicted octanol–water partition coefficient (Wildman–Crippen LogP) is 2.01. The predicted molar refractivity (Wildman–Crippen MR) is 104 cm³/mol. The van der Waals surface area contributed by atoms with Gasteiger partial charge >= 0.3 is 17.8 Å². The van der Waals surface area contributed by atoms with Crippen LogP contribution >= 0.6 is 0 Å². The lowest BCUT2D eigenvalue weighted by molar-refractivity contribution is -0.145. The van der Waals surface area contributed by atoms with E-state index in [4.69, 9.17) is 9.47 Å². The molecule has 5 amide bonds. The van der Waals surface area contributed by atoms with Gasteiger partial charge in [0.1, 0.15) is 18.0 Å². The molecule has 3 rings (SSSR count). The van der Waals surface area contributed by atoms with Gasteiger partial charge in [-0.2, -0.15) is 0 Å². The number of benzene rings is 1. The van der Waals surface area contributed by atoms with E-state index in [1.54, 1.807) is 18.2 Å². The molecule has 1 N–H and O–H groups in total. The molecular weight excluding hydrogens is 378 g/mol. The zero-order valence-electron chi connectivity index (χ0n) is 16.8. The molecule has 0 aromatic heterocycles. The second-order valence-corrected chi connectivity index (χ2v) is 7.29. The first-order chi connectivity index (χ1) is 13.9. The summed E-state index contributed by atoms with van der Waals surface area (Å²) in [6.45, 7) is 1.43. The summed E-state index contributed by atoms with van der Waals surface area (Å²) in [4.78, 5) is 51.7. The Balaban J connectivity index is 1.71. The van der Waals surface area contributed by atoms with Gasteiger partial charge in [0, 0.05) is 12.1 Å². The first-order valence-corrected chi connectivity index (χ1v) is 9.58. The van der Waals surface area contributed by atoms with Crippen molar-refractivity contribution in [3.63, 3.8) is 0 Å². The van der Waals surface area contributed by atoms with Crippen molar-refractivity contribution < 1.29 is 28.7 Å². The van der Waals surface area contributed by atoms with Gasteiger partial charge in [-0.05, 0) is 30.9 Å². The Morgan fingerprint density at radius 2 is 1.83 bits per heavy atom. The number of urea groups is 1. The van der Waals surface area contributed by atoms with Gasteiger partial charge in [0.2, 0.25) is 5.91 Å². The number of nitrogens with zero attached hydrogens (tertiary/aromatic N) is 2. The minimum Gasteiger partial charge on any atom is -0.497 e. The summed E-state index contributed by atoms with van der Waals surface area (Å²) in [7, 11) is 2.95. The molecule has 2 aliphatic rings. The van der Waals surface area contributed by atoms with Crippen LogP contribution in [0.5, 0.6) is 11.5 Å². The second-order valence-electron chi connectivity index (χ2n) is 7.29. The van der Waals surface area contributed by atoms with Crippen molar-refractivity contribution in [3.05, 3.63) is 18.2 Å². The second kappa shape index (κ2) is 8.50. The number of hydrogen-bond donors (Lipinski definition) is 1. The summed E-state index contributed by atoms with van der Waals surface area (Å²) in [5, 5.41) is 2.60. The lowest BCUT2D eigenvalue weighted by Gasteiger charge is -2.34. The minimum absolute atomic E-state index is 0.127. The fourth-order valence-corrected chi connectivity index (χ4v) is 3.87. The molecule has 1 aliphatic heterocycles. The third-order valence-electron chi connectivity index (χ3n) is 5.47. The zero-order valence-corrected chi connectivity index (χ0v) is 16.8. The van der Waals surface area contributed by atoms with Crippen LogP contribution in [0, 0.1) is 5.92 Å². The quantitative estimate of drug-likeness (QED) is 0.575. The molecule has 29 heavy (non-hydrogen) atoms. The van der Waals surface area contributed by atoms with Gasteiger partial charge in [-0.15, -0.1) is 0 Å². The van der Waals surface area contributed by atoms with Gasteiger partial charge in [-0.3, -0.25) is 19.3 Å². The molecule has 0 spiro atoms. The highest BCUT2D eigenvalue weighted by Crippen LogP contribution is 2.32. The van der Waals surface area contributed by atoms with Crippen molar-refractivity contribution in [2.45, 2.75) is 38.6 Å². The van der Waals surface area contributed by atoms with Crippen LogP contribution in [0.3, 0.4) is 0 Å². The van der Waals surface area contributed by atoms with Crippen molar-refractivity contribution in [2.75, 3.05) is 26.1 Å². The average molecular weight is 403 g/mol. The van der Waals surface area contributed by atoms with E-state index >= 15 is 0 Å². The summed E-state index contributed by atoms with van der Waals surface area (Å²) in [5.41, 5.74) is 0.362. The van der Waals surface area contributed by atoms with Gasteiger partial charge in [-0.1, -0.05) is 19.8 Å². The normalized spacial score (nSPS) is 22.1. The average Bonchev–Trinajstić information content (AvgIpc) is 2.92. The lowest BCUT2D eigenvalue weighted by atomic mass is 9.85. The smallest absolute Gasteiger partial charge is 0.334 e. The number of rotatable bonds is 6. The molecule has 9 nitrogen and oxygen atoms in total. The summed E-state index contributed by atoms with van der Waals surface area (Å²) >= 11 is 0. The van der Waals surface area contributed by atoms with Crippen LogP contribution in [-0.4, -0.2) is 60.4 Å². The standard InChI is InChI=1S/C20H25N3O6/c1-12-6-4-5-7-15(12)23-19(26)18(25)22(20(23)27)11-17(24)21-14-9-8-13(28-2)10-16(14)29-3/h8-10,12,15H,4-7,11H2,1-3H3,(H,21,24)/t12-,15+/m0/s1. The SMILES string of the molecule is COc1ccc(NC(=O)CN2C(=O)C(=O)N([C@@H]3CCCC[C@@H]3C)C2=O)c(OC)c1. The number of imide groups is 2. The van der Waals surface area contributed by atoms with E-state index in [-0.39, 0.29) is 12.0 Å². The summed E-state index contributed by atoms with van der Waals surface area (Å²) in [5.74, 6) is -1.39. The highest BCUT2D eigenvalue weighted by Gasteiger charge is 2.49. The third kappa shape index (κ3) is 4.03. The maximum atomic E-state index is 12.8. The van der Waals surface area contributed by atoms with Crippen LogP contribution in [0.25, 0.3) is 0 Å². The summed E-state index contributed by atoms with van der Waals surface area (Å²) < 4.78 is 10.3. The first kappa shape index (κ1) is 20.6. The molecule has 2 atom stereocenters. The van der Waals surface area contributed by atoms with Crippen LogP contribution in [0.15, 0.2) is 18.2 Å². The number of methoxy groups -OCH3 is 2. The Bertz CT molecular complexity index is 840. The topological polar surface area (TPSA) is 105 Å². The summed E-state index contributed by atoms with van der Waals surface area (Å²) in [6, 6.07) is 3.79. The van der Waals surface area contributed by atoms with Crippen molar-refractivity contribution in [2.24, 2.45) is 5.92 Å². The van der Waals surface area contributed by atoms with Crippen molar-refractivity contribution >= 4 is 29.4 Å². The van der Waals surface area contributed by atoms with Gasteiger partial charge < -0.3 is 14.8 Å². The minimum atomic E-state index is -0.968. The Hall–Kier alpha value is -3.10. The number of ether oxygens (including phenoxy) is 2. The highest BCUT2D eigenvalue weighted by molar-refractivity contribution is 6.45. The molecule has 0 radical (unpaired) electrons. The Kier molecular flexibility index (Phi) is 6.05. The highest BCUT2D eigenvalue weighted by atomic mass is 16.5. The fourth-order valence-electron chi connectivity index (χ4n) is 3.87. The molecule has 9 heteroatoms. The van der Waals surface area contributed by atoms with Gasteiger partial charge in [0.25, 0.3) is 0 Å². The summed E-state index contributed by atoms with van der Waals surface area (Å²) in [6.07, 6.45) is 3.51. The van der Waals surface area contributed by atoms with Crippen LogP contribution < -0.4 is 14.8 Å². The molecule has 1 aromatic rings. The monoisotopic (exact) mass is 403 g/mol. The van der Waals surface area contributed by atoms with E-state index in [9.17, 15) is 19.2 Å². The van der Waals surface area contributed by atoms with Crippen molar-refractivity contribution in [1.82, 2.24) is 9.80 Å². The molecule has 1 saturated heterocycles. The molecule has 0 unspecified atom stereocenters. The molecule has 1 aromatic carbocycles. The van der Waals surface area contributed by atoms with Crippen molar-refractivity contribution in [1.29, 1.82) is 0 Å². The molecule has 1 aliphatic carbocycles. The maximum absolute atomic E-state index is 12.8. The van der Waals surface area contributed by atoms with Gasteiger partial charge in [0.15, 0.2) is 0 Å². The number of hydrogen-bond acceptors (Lipinski definition) is 6.